The molecule has 2 atom stereocenters. The Bertz CT molecular complexity index is 272. The van der Waals surface area contributed by atoms with Crippen molar-refractivity contribution in [1.29, 1.82) is 0 Å². The first-order valence-electron chi connectivity index (χ1n) is 7.63. The Morgan fingerprint density at radius 2 is 1.94 bits per heavy atom. The highest BCUT2D eigenvalue weighted by Crippen LogP contribution is 2.27. The molecule has 3 heteroatoms. The molecule has 1 aliphatic carbocycles. The molecular formula is C15H27NO2. The molecule has 0 aromatic carbocycles. The number of carbonyl (C=O) groups is 1. The van der Waals surface area contributed by atoms with Crippen LogP contribution in [0.4, 0.5) is 0 Å². The standard InChI is InChI=1S/C15H27NO2/c1-3-12-8-9-16-14(10-12)15(17)18-13-6-4-11(2)5-7-13/h11-14,16H,3-10H2,1-2H3. The normalized spacial score (nSPS) is 37.2. The van der Waals surface area contributed by atoms with Crippen LogP contribution in [0.1, 0.15) is 58.8 Å². The summed E-state index contributed by atoms with van der Waals surface area (Å²) >= 11 is 0. The third-order valence-electron chi connectivity index (χ3n) is 4.62. The maximum atomic E-state index is 12.1. The van der Waals surface area contributed by atoms with Crippen molar-refractivity contribution >= 4 is 5.97 Å². The molecular weight excluding hydrogens is 226 g/mol. The highest BCUT2D eigenvalue weighted by molar-refractivity contribution is 5.76. The van der Waals surface area contributed by atoms with E-state index in [1.54, 1.807) is 0 Å². The van der Waals surface area contributed by atoms with Gasteiger partial charge in [0.15, 0.2) is 0 Å². The molecule has 2 rings (SSSR count). The summed E-state index contributed by atoms with van der Waals surface area (Å²) < 4.78 is 5.67. The Morgan fingerprint density at radius 1 is 1.22 bits per heavy atom. The highest BCUT2D eigenvalue weighted by atomic mass is 16.5. The summed E-state index contributed by atoms with van der Waals surface area (Å²) in [6.45, 7) is 5.45. The minimum Gasteiger partial charge on any atom is -0.461 e. The van der Waals surface area contributed by atoms with Gasteiger partial charge in [-0.1, -0.05) is 20.3 Å². The van der Waals surface area contributed by atoms with Crippen molar-refractivity contribution in [3.63, 3.8) is 0 Å². The molecule has 1 saturated carbocycles. The van der Waals surface area contributed by atoms with E-state index in [4.69, 9.17) is 4.74 Å². The number of hydrogen-bond donors (Lipinski definition) is 1. The number of ether oxygens (including phenoxy) is 1. The van der Waals surface area contributed by atoms with E-state index in [0.29, 0.717) is 5.92 Å². The molecule has 0 radical (unpaired) electrons. The first kappa shape index (κ1) is 13.9. The van der Waals surface area contributed by atoms with Crippen molar-refractivity contribution in [2.24, 2.45) is 11.8 Å². The van der Waals surface area contributed by atoms with Crippen LogP contribution in [0.2, 0.25) is 0 Å². The van der Waals surface area contributed by atoms with Crippen LogP contribution in [0.5, 0.6) is 0 Å². The van der Waals surface area contributed by atoms with Crippen molar-refractivity contribution in [1.82, 2.24) is 5.32 Å². The van der Waals surface area contributed by atoms with Crippen LogP contribution in [0, 0.1) is 11.8 Å². The lowest BCUT2D eigenvalue weighted by atomic mass is 9.88. The molecule has 18 heavy (non-hydrogen) atoms. The zero-order valence-electron chi connectivity index (χ0n) is 11.8. The van der Waals surface area contributed by atoms with Gasteiger partial charge < -0.3 is 10.1 Å². The minimum atomic E-state index is -0.0527. The highest BCUT2D eigenvalue weighted by Gasteiger charge is 2.29. The van der Waals surface area contributed by atoms with Gasteiger partial charge in [0.2, 0.25) is 0 Å². The van der Waals surface area contributed by atoms with Gasteiger partial charge in [0.05, 0.1) is 0 Å². The van der Waals surface area contributed by atoms with Crippen LogP contribution in [-0.2, 0) is 9.53 Å². The first-order valence-corrected chi connectivity index (χ1v) is 7.63. The lowest BCUT2D eigenvalue weighted by Crippen LogP contribution is -2.45. The second kappa shape index (κ2) is 6.55. The van der Waals surface area contributed by atoms with Crippen LogP contribution >= 0.6 is 0 Å². The van der Waals surface area contributed by atoms with Gasteiger partial charge in [-0.15, -0.1) is 0 Å². The number of piperidine rings is 1. The summed E-state index contributed by atoms with van der Waals surface area (Å²) in [5, 5.41) is 3.31. The van der Waals surface area contributed by atoms with Gasteiger partial charge >= 0.3 is 5.97 Å². The molecule has 0 aromatic heterocycles. The van der Waals surface area contributed by atoms with E-state index in [2.05, 4.69) is 19.2 Å². The van der Waals surface area contributed by atoms with Gasteiger partial charge in [0.1, 0.15) is 12.1 Å². The van der Waals surface area contributed by atoms with Crippen LogP contribution in [-0.4, -0.2) is 24.7 Å². The van der Waals surface area contributed by atoms with E-state index in [9.17, 15) is 4.79 Å². The van der Waals surface area contributed by atoms with Crippen molar-refractivity contribution in [2.75, 3.05) is 6.54 Å². The van der Waals surface area contributed by atoms with E-state index >= 15 is 0 Å². The lowest BCUT2D eigenvalue weighted by molar-refractivity contribution is -0.154. The lowest BCUT2D eigenvalue weighted by Gasteiger charge is -2.31. The molecule has 1 saturated heterocycles. The molecule has 1 aliphatic heterocycles. The molecule has 0 bridgehead atoms. The zero-order chi connectivity index (χ0) is 13.0. The van der Waals surface area contributed by atoms with Crippen molar-refractivity contribution in [3.8, 4) is 0 Å². The summed E-state index contributed by atoms with van der Waals surface area (Å²) in [5.41, 5.74) is 0. The fourth-order valence-electron chi connectivity index (χ4n) is 3.14. The van der Waals surface area contributed by atoms with Crippen molar-refractivity contribution in [2.45, 2.75) is 70.9 Å². The van der Waals surface area contributed by atoms with Gasteiger partial charge in [-0.3, -0.25) is 4.79 Å². The van der Waals surface area contributed by atoms with Crippen LogP contribution in [0.15, 0.2) is 0 Å². The molecule has 0 amide bonds. The fourth-order valence-corrected chi connectivity index (χ4v) is 3.14. The summed E-state index contributed by atoms with van der Waals surface area (Å²) in [4.78, 5) is 12.1. The Labute approximate surface area is 111 Å². The summed E-state index contributed by atoms with van der Waals surface area (Å²) in [6, 6.07) is -0.0527. The molecule has 1 N–H and O–H groups in total. The number of carbonyl (C=O) groups excluding carboxylic acids is 1. The van der Waals surface area contributed by atoms with Crippen LogP contribution in [0.3, 0.4) is 0 Å². The monoisotopic (exact) mass is 253 g/mol. The van der Waals surface area contributed by atoms with Gasteiger partial charge in [-0.25, -0.2) is 0 Å². The maximum Gasteiger partial charge on any atom is 0.323 e. The molecule has 2 unspecified atom stereocenters. The molecule has 3 nitrogen and oxygen atoms in total. The molecule has 0 aromatic rings. The minimum absolute atomic E-state index is 0.00676. The van der Waals surface area contributed by atoms with Gasteiger partial charge in [0, 0.05) is 0 Å². The van der Waals surface area contributed by atoms with E-state index in [1.165, 1.54) is 25.7 Å². The molecule has 2 fully saturated rings. The van der Waals surface area contributed by atoms with E-state index in [-0.39, 0.29) is 18.1 Å². The van der Waals surface area contributed by atoms with Gasteiger partial charge in [0.25, 0.3) is 0 Å². The summed E-state index contributed by atoms with van der Waals surface area (Å²) in [5.74, 6) is 1.49. The number of esters is 1. The predicted octanol–water partition coefficient (Wildman–Crippen LogP) is 2.89. The average molecular weight is 253 g/mol. The second-order valence-corrected chi connectivity index (χ2v) is 6.12. The van der Waals surface area contributed by atoms with Crippen LogP contribution < -0.4 is 5.32 Å². The topological polar surface area (TPSA) is 38.3 Å². The Balaban J connectivity index is 1.77. The van der Waals surface area contributed by atoms with E-state index in [0.717, 1.165) is 31.7 Å². The third-order valence-corrected chi connectivity index (χ3v) is 4.62. The quantitative estimate of drug-likeness (QED) is 0.786. The summed E-state index contributed by atoms with van der Waals surface area (Å²) in [7, 11) is 0. The SMILES string of the molecule is CCC1CCNC(C(=O)OC2CCC(C)CC2)C1. The average Bonchev–Trinajstić information content (AvgIpc) is 2.41. The second-order valence-electron chi connectivity index (χ2n) is 6.12. The van der Waals surface area contributed by atoms with E-state index in [1.807, 2.05) is 0 Å². The van der Waals surface area contributed by atoms with Crippen molar-refractivity contribution in [3.05, 3.63) is 0 Å². The smallest absolute Gasteiger partial charge is 0.323 e. The fraction of sp³-hybridized carbons (Fsp3) is 0.933. The van der Waals surface area contributed by atoms with Gasteiger partial charge in [-0.05, 0) is 56.9 Å². The summed E-state index contributed by atoms with van der Waals surface area (Å²) in [6.07, 6.45) is 8.01. The maximum absolute atomic E-state index is 12.1. The van der Waals surface area contributed by atoms with Gasteiger partial charge in [-0.2, -0.15) is 0 Å². The molecule has 104 valence electrons. The van der Waals surface area contributed by atoms with E-state index < -0.39 is 0 Å². The third kappa shape index (κ3) is 3.71. The Morgan fingerprint density at radius 3 is 2.61 bits per heavy atom. The van der Waals surface area contributed by atoms with Crippen LogP contribution in [0.25, 0.3) is 0 Å². The molecule has 0 spiro atoms. The Kier molecular flexibility index (Phi) is 5.04. The molecule has 2 aliphatic rings. The zero-order valence-corrected chi connectivity index (χ0v) is 11.8. The molecule has 1 heterocycles. The predicted molar refractivity (Wildman–Crippen MR) is 72.3 cm³/mol. The number of hydrogen-bond acceptors (Lipinski definition) is 3. The largest absolute Gasteiger partial charge is 0.461 e. The number of nitrogens with one attached hydrogen (secondary N) is 1. The number of rotatable bonds is 3. The first-order chi connectivity index (χ1) is 8.69. The Hall–Kier alpha value is -0.570. The van der Waals surface area contributed by atoms with Crippen molar-refractivity contribution < 1.29 is 9.53 Å².